The summed E-state index contributed by atoms with van der Waals surface area (Å²) in [6.07, 6.45) is 1.98. The molecule has 9 heteroatoms. The molecule has 1 saturated heterocycles. The van der Waals surface area contributed by atoms with Gasteiger partial charge in [0.25, 0.3) is 0 Å². The number of ether oxygens (including phenoxy) is 2. The number of morpholine rings is 1. The summed E-state index contributed by atoms with van der Waals surface area (Å²) in [6.45, 7) is 6.80. The molecule has 0 aromatic heterocycles. The average Bonchev–Trinajstić information content (AvgIpc) is 2.80. The molecular formula is C24H33N3O5S. The highest BCUT2D eigenvalue weighted by Crippen LogP contribution is 2.21. The van der Waals surface area contributed by atoms with Crippen LogP contribution in [0.15, 0.2) is 48.5 Å². The third kappa shape index (κ3) is 8.03. The van der Waals surface area contributed by atoms with Gasteiger partial charge in [-0.25, -0.2) is 8.42 Å². The molecule has 0 aliphatic carbocycles. The normalized spacial score (nSPS) is 14.6. The zero-order valence-corrected chi connectivity index (χ0v) is 20.1. The highest BCUT2D eigenvalue weighted by molar-refractivity contribution is 7.92. The maximum Gasteiger partial charge on any atom is 0.241 e. The molecule has 2 aromatic rings. The van der Waals surface area contributed by atoms with E-state index >= 15 is 0 Å². The molecule has 1 aliphatic rings. The Hall–Kier alpha value is -2.62. The molecule has 3 rings (SSSR count). The lowest BCUT2D eigenvalue weighted by Gasteiger charge is -2.26. The van der Waals surface area contributed by atoms with Crippen LogP contribution in [0, 0.1) is 0 Å². The van der Waals surface area contributed by atoms with Gasteiger partial charge >= 0.3 is 0 Å². The lowest BCUT2D eigenvalue weighted by molar-refractivity contribution is -0.119. The van der Waals surface area contributed by atoms with Crippen LogP contribution >= 0.6 is 0 Å². The van der Waals surface area contributed by atoms with Crippen molar-refractivity contribution in [3.63, 3.8) is 0 Å². The molecule has 0 unspecified atom stereocenters. The van der Waals surface area contributed by atoms with Gasteiger partial charge in [0.2, 0.25) is 15.9 Å². The molecule has 0 radical (unpaired) electrons. The quantitative estimate of drug-likeness (QED) is 0.537. The summed E-state index contributed by atoms with van der Waals surface area (Å²) >= 11 is 0. The van der Waals surface area contributed by atoms with Gasteiger partial charge in [0.15, 0.2) is 0 Å². The van der Waals surface area contributed by atoms with Crippen LogP contribution in [0.4, 0.5) is 5.69 Å². The predicted octanol–water partition coefficient (Wildman–Crippen LogP) is 2.39. The fourth-order valence-corrected chi connectivity index (χ4v) is 4.43. The molecule has 33 heavy (non-hydrogen) atoms. The topological polar surface area (TPSA) is 88.2 Å². The molecule has 2 aromatic carbocycles. The highest BCUT2D eigenvalue weighted by Gasteiger charge is 2.21. The number of anilines is 1. The van der Waals surface area contributed by atoms with Crippen molar-refractivity contribution in [2.75, 3.05) is 50.0 Å². The maximum atomic E-state index is 12.6. The zero-order valence-electron chi connectivity index (χ0n) is 19.3. The van der Waals surface area contributed by atoms with Gasteiger partial charge in [-0.15, -0.1) is 0 Å². The lowest BCUT2D eigenvalue weighted by Crippen LogP contribution is -2.40. The molecule has 1 heterocycles. The standard InChI is InChI=1S/C24H33N3O5S/c1-3-13-32-23-9-7-22(8-10-23)27(33(2,29)30)19-24(28)25-17-20-5-4-6-21(16-20)18-26-11-14-31-15-12-26/h4-10,16H,3,11-15,17-19H2,1-2H3,(H,25,28). The third-order valence-corrected chi connectivity index (χ3v) is 6.42. The highest BCUT2D eigenvalue weighted by atomic mass is 32.2. The molecule has 8 nitrogen and oxygen atoms in total. The number of nitrogens with zero attached hydrogens (tertiary/aromatic N) is 2. The van der Waals surface area contributed by atoms with E-state index in [2.05, 4.69) is 22.3 Å². The fourth-order valence-electron chi connectivity index (χ4n) is 3.57. The Morgan fingerprint density at radius 1 is 1.12 bits per heavy atom. The second-order valence-electron chi connectivity index (χ2n) is 8.10. The van der Waals surface area contributed by atoms with Gasteiger partial charge in [0.05, 0.1) is 31.8 Å². The molecule has 0 spiro atoms. The summed E-state index contributed by atoms with van der Waals surface area (Å²) in [5.74, 6) is 0.292. The first-order valence-corrected chi connectivity index (χ1v) is 13.0. The number of hydrogen-bond donors (Lipinski definition) is 1. The SMILES string of the molecule is CCCOc1ccc(N(CC(=O)NCc2cccc(CN3CCOCC3)c2)S(C)(=O)=O)cc1. The number of hydrogen-bond acceptors (Lipinski definition) is 6. The number of nitrogens with one attached hydrogen (secondary N) is 1. The maximum absolute atomic E-state index is 12.6. The summed E-state index contributed by atoms with van der Waals surface area (Å²) in [7, 11) is -3.63. The van der Waals surface area contributed by atoms with E-state index in [1.165, 1.54) is 5.56 Å². The Bertz CT molecular complexity index is 1010. The predicted molar refractivity (Wildman–Crippen MR) is 129 cm³/mol. The minimum absolute atomic E-state index is 0.290. The first-order valence-electron chi connectivity index (χ1n) is 11.2. The zero-order chi connectivity index (χ0) is 23.7. The van der Waals surface area contributed by atoms with Crippen molar-refractivity contribution in [2.24, 2.45) is 0 Å². The molecule has 180 valence electrons. The monoisotopic (exact) mass is 475 g/mol. The van der Waals surface area contributed by atoms with E-state index in [4.69, 9.17) is 9.47 Å². The molecule has 1 fully saturated rings. The number of sulfonamides is 1. The Morgan fingerprint density at radius 2 is 1.82 bits per heavy atom. The van der Waals surface area contributed by atoms with E-state index in [9.17, 15) is 13.2 Å². The molecule has 0 bridgehead atoms. The summed E-state index contributed by atoms with van der Waals surface area (Å²) in [5, 5.41) is 2.84. The van der Waals surface area contributed by atoms with Crippen molar-refractivity contribution < 1.29 is 22.7 Å². The largest absolute Gasteiger partial charge is 0.494 e. The second kappa shape index (κ2) is 12.0. The molecular weight excluding hydrogens is 442 g/mol. The van der Waals surface area contributed by atoms with Crippen LogP contribution in [0.5, 0.6) is 5.75 Å². The number of benzene rings is 2. The number of rotatable bonds is 11. The van der Waals surface area contributed by atoms with Crippen LogP contribution in [-0.2, 0) is 32.6 Å². The van der Waals surface area contributed by atoms with Crippen molar-refractivity contribution in [1.29, 1.82) is 0 Å². The van der Waals surface area contributed by atoms with E-state index in [1.54, 1.807) is 24.3 Å². The minimum Gasteiger partial charge on any atom is -0.494 e. The first kappa shape index (κ1) is 25.0. The Balaban J connectivity index is 1.58. The van der Waals surface area contributed by atoms with Crippen LogP contribution < -0.4 is 14.4 Å². The van der Waals surface area contributed by atoms with E-state index in [0.717, 1.165) is 55.4 Å². The van der Waals surface area contributed by atoms with Gasteiger partial charge < -0.3 is 14.8 Å². The summed E-state index contributed by atoms with van der Waals surface area (Å²) < 4.78 is 36.7. The Labute approximate surface area is 196 Å². The fraction of sp³-hybridized carbons (Fsp3) is 0.458. The summed E-state index contributed by atoms with van der Waals surface area (Å²) in [4.78, 5) is 14.9. The number of carbonyl (C=O) groups is 1. The molecule has 1 amide bonds. The average molecular weight is 476 g/mol. The Morgan fingerprint density at radius 3 is 2.48 bits per heavy atom. The first-order chi connectivity index (χ1) is 15.8. The van der Waals surface area contributed by atoms with Crippen LogP contribution in [0.25, 0.3) is 0 Å². The van der Waals surface area contributed by atoms with Gasteiger partial charge in [-0.1, -0.05) is 31.2 Å². The van der Waals surface area contributed by atoms with E-state index in [0.29, 0.717) is 24.6 Å². The van der Waals surface area contributed by atoms with Gasteiger partial charge in [0, 0.05) is 26.2 Å². The smallest absolute Gasteiger partial charge is 0.241 e. The van der Waals surface area contributed by atoms with Gasteiger partial charge in [-0.3, -0.25) is 14.0 Å². The minimum atomic E-state index is -3.63. The van der Waals surface area contributed by atoms with Gasteiger partial charge in [-0.2, -0.15) is 0 Å². The van der Waals surface area contributed by atoms with Crippen LogP contribution in [0.2, 0.25) is 0 Å². The van der Waals surface area contributed by atoms with Crippen molar-refractivity contribution in [1.82, 2.24) is 10.2 Å². The second-order valence-corrected chi connectivity index (χ2v) is 10.0. The molecule has 1 aliphatic heterocycles. The van der Waals surface area contributed by atoms with Crippen LogP contribution in [-0.4, -0.2) is 64.9 Å². The van der Waals surface area contributed by atoms with E-state index in [1.807, 2.05) is 19.1 Å². The van der Waals surface area contributed by atoms with Crippen molar-refractivity contribution >= 4 is 21.6 Å². The van der Waals surface area contributed by atoms with Crippen molar-refractivity contribution in [3.05, 3.63) is 59.7 Å². The van der Waals surface area contributed by atoms with E-state index < -0.39 is 10.0 Å². The number of amides is 1. The van der Waals surface area contributed by atoms with Crippen molar-refractivity contribution in [3.8, 4) is 5.75 Å². The van der Waals surface area contributed by atoms with Gasteiger partial charge in [0.1, 0.15) is 12.3 Å². The van der Waals surface area contributed by atoms with E-state index in [-0.39, 0.29) is 12.5 Å². The van der Waals surface area contributed by atoms with Crippen LogP contribution in [0.3, 0.4) is 0 Å². The summed E-state index contributed by atoms with van der Waals surface area (Å²) in [6, 6.07) is 14.8. The molecule has 1 N–H and O–H groups in total. The Kier molecular flexibility index (Phi) is 9.11. The third-order valence-electron chi connectivity index (χ3n) is 5.28. The van der Waals surface area contributed by atoms with Crippen molar-refractivity contribution in [2.45, 2.75) is 26.4 Å². The van der Waals surface area contributed by atoms with Crippen LogP contribution in [0.1, 0.15) is 24.5 Å². The number of carbonyl (C=O) groups excluding carboxylic acids is 1. The lowest BCUT2D eigenvalue weighted by atomic mass is 10.1. The van der Waals surface area contributed by atoms with Gasteiger partial charge in [-0.05, 0) is 41.8 Å². The molecule has 0 saturated carbocycles. The summed E-state index contributed by atoms with van der Waals surface area (Å²) in [5.41, 5.74) is 2.56. The molecule has 0 atom stereocenters.